The summed E-state index contributed by atoms with van der Waals surface area (Å²) in [4.78, 5) is 29.5. The van der Waals surface area contributed by atoms with Gasteiger partial charge < -0.3 is 10.2 Å². The van der Waals surface area contributed by atoms with Crippen molar-refractivity contribution in [3.63, 3.8) is 0 Å². The van der Waals surface area contributed by atoms with Crippen LogP contribution in [0.5, 0.6) is 0 Å². The van der Waals surface area contributed by atoms with Gasteiger partial charge in [-0.1, -0.05) is 49.7 Å². The van der Waals surface area contributed by atoms with E-state index in [9.17, 15) is 9.59 Å². The van der Waals surface area contributed by atoms with Crippen LogP contribution in [0.4, 0.5) is 0 Å². The molecule has 36 heavy (non-hydrogen) atoms. The van der Waals surface area contributed by atoms with Crippen molar-refractivity contribution in [2.45, 2.75) is 33.2 Å². The van der Waals surface area contributed by atoms with Crippen molar-refractivity contribution in [3.8, 4) is 5.69 Å². The second kappa shape index (κ2) is 12.2. The van der Waals surface area contributed by atoms with Crippen LogP contribution in [0.25, 0.3) is 5.69 Å². The Bertz CT molecular complexity index is 1180. The summed E-state index contributed by atoms with van der Waals surface area (Å²) < 4.78 is 1.97. The topological polar surface area (TPSA) is 70.5 Å². The standard InChI is InChI=1S/C28H34ClN5O2/c1-21(2)16-26-18-24(31-34(26)25-10-4-3-5-11-25)19-30-27(35)20-32-12-7-13-33(15-14-32)28(36)22-8-6-9-23(29)17-22/h3-6,8-11,17-18,21H,7,12-16,19-20H2,1-2H3,(H,30,35). The van der Waals surface area contributed by atoms with Gasteiger partial charge in [-0.2, -0.15) is 5.10 Å². The van der Waals surface area contributed by atoms with Gasteiger partial charge in [-0.25, -0.2) is 4.68 Å². The molecule has 0 aliphatic carbocycles. The number of aromatic nitrogens is 2. The van der Waals surface area contributed by atoms with Crippen molar-refractivity contribution < 1.29 is 9.59 Å². The Morgan fingerprint density at radius 3 is 2.56 bits per heavy atom. The highest BCUT2D eigenvalue weighted by Crippen LogP contribution is 2.17. The predicted octanol–water partition coefficient (Wildman–Crippen LogP) is 4.19. The average molecular weight is 508 g/mol. The highest BCUT2D eigenvalue weighted by atomic mass is 35.5. The molecule has 0 radical (unpaired) electrons. The van der Waals surface area contributed by atoms with Crippen LogP contribution in [0, 0.1) is 5.92 Å². The summed E-state index contributed by atoms with van der Waals surface area (Å²) >= 11 is 6.05. The van der Waals surface area contributed by atoms with Gasteiger partial charge in [-0.15, -0.1) is 0 Å². The van der Waals surface area contributed by atoms with E-state index in [4.69, 9.17) is 16.7 Å². The molecule has 0 spiro atoms. The lowest BCUT2D eigenvalue weighted by Gasteiger charge is -2.22. The zero-order valence-corrected chi connectivity index (χ0v) is 21.7. The number of carbonyl (C=O) groups excluding carboxylic acids is 2. The molecule has 190 valence electrons. The quantitative estimate of drug-likeness (QED) is 0.496. The number of nitrogens with one attached hydrogen (secondary N) is 1. The fourth-order valence-corrected chi connectivity index (χ4v) is 4.69. The number of para-hydroxylation sites is 1. The number of hydrogen-bond acceptors (Lipinski definition) is 4. The van der Waals surface area contributed by atoms with Gasteiger partial charge in [0.25, 0.3) is 5.91 Å². The molecule has 2 amide bonds. The molecule has 2 aromatic carbocycles. The van der Waals surface area contributed by atoms with E-state index < -0.39 is 0 Å². The summed E-state index contributed by atoms with van der Waals surface area (Å²) in [7, 11) is 0. The monoisotopic (exact) mass is 507 g/mol. The third-order valence-electron chi connectivity index (χ3n) is 6.23. The fourth-order valence-electron chi connectivity index (χ4n) is 4.50. The number of rotatable bonds is 8. The van der Waals surface area contributed by atoms with Crippen LogP contribution in [0.2, 0.25) is 5.02 Å². The summed E-state index contributed by atoms with van der Waals surface area (Å²) in [6, 6.07) is 19.2. The maximum Gasteiger partial charge on any atom is 0.253 e. The Morgan fingerprint density at radius 2 is 1.81 bits per heavy atom. The number of halogens is 1. The van der Waals surface area contributed by atoms with E-state index in [1.807, 2.05) is 39.9 Å². The highest BCUT2D eigenvalue weighted by molar-refractivity contribution is 6.30. The van der Waals surface area contributed by atoms with Gasteiger partial charge >= 0.3 is 0 Å². The number of benzene rings is 2. The Labute approximate surface area is 218 Å². The molecule has 1 saturated heterocycles. The molecule has 1 aromatic heterocycles. The second-order valence-corrected chi connectivity index (χ2v) is 10.1. The van der Waals surface area contributed by atoms with Crippen LogP contribution in [-0.2, 0) is 17.8 Å². The minimum absolute atomic E-state index is 0.0185. The molecular weight excluding hydrogens is 474 g/mol. The Hall–Kier alpha value is -3.16. The first-order valence-electron chi connectivity index (χ1n) is 12.6. The normalized spacial score (nSPS) is 14.6. The predicted molar refractivity (Wildman–Crippen MR) is 142 cm³/mol. The van der Waals surface area contributed by atoms with Crippen LogP contribution >= 0.6 is 11.6 Å². The maximum absolute atomic E-state index is 12.9. The Kier molecular flexibility index (Phi) is 8.78. The molecule has 1 N–H and O–H groups in total. The molecule has 0 unspecified atom stereocenters. The van der Waals surface area contributed by atoms with E-state index in [-0.39, 0.29) is 11.8 Å². The largest absolute Gasteiger partial charge is 0.349 e. The first-order valence-corrected chi connectivity index (χ1v) is 12.9. The molecule has 0 saturated carbocycles. The lowest BCUT2D eigenvalue weighted by atomic mass is 10.1. The van der Waals surface area contributed by atoms with Gasteiger partial charge in [0.05, 0.1) is 24.5 Å². The molecule has 0 bridgehead atoms. The summed E-state index contributed by atoms with van der Waals surface area (Å²) in [6.45, 7) is 7.74. The third-order valence-corrected chi connectivity index (χ3v) is 6.47. The molecule has 4 rings (SSSR count). The van der Waals surface area contributed by atoms with Crippen LogP contribution in [-0.4, -0.2) is 64.1 Å². The Morgan fingerprint density at radius 1 is 1.00 bits per heavy atom. The van der Waals surface area contributed by atoms with E-state index in [2.05, 4.69) is 30.1 Å². The summed E-state index contributed by atoms with van der Waals surface area (Å²) in [5, 5.41) is 8.35. The highest BCUT2D eigenvalue weighted by Gasteiger charge is 2.22. The molecule has 8 heteroatoms. The third kappa shape index (κ3) is 6.95. The van der Waals surface area contributed by atoms with Crippen LogP contribution in [0.1, 0.15) is 42.0 Å². The summed E-state index contributed by atoms with van der Waals surface area (Å²) in [6.07, 6.45) is 1.73. The summed E-state index contributed by atoms with van der Waals surface area (Å²) in [5.74, 6) is 0.444. The zero-order valence-electron chi connectivity index (χ0n) is 21.0. The van der Waals surface area contributed by atoms with Gasteiger partial charge in [-0.05, 0) is 55.2 Å². The van der Waals surface area contributed by atoms with Gasteiger partial charge in [0.15, 0.2) is 0 Å². The van der Waals surface area contributed by atoms with Crippen molar-refractivity contribution >= 4 is 23.4 Å². The maximum atomic E-state index is 12.9. The smallest absolute Gasteiger partial charge is 0.253 e. The molecule has 7 nitrogen and oxygen atoms in total. The first kappa shape index (κ1) is 25.9. The molecule has 0 atom stereocenters. The summed E-state index contributed by atoms with van der Waals surface area (Å²) in [5.41, 5.74) is 3.60. The number of nitrogens with zero attached hydrogens (tertiary/aromatic N) is 4. The number of carbonyl (C=O) groups is 2. The van der Waals surface area contributed by atoms with Gasteiger partial charge in [0.1, 0.15) is 0 Å². The van der Waals surface area contributed by atoms with E-state index in [0.29, 0.717) is 49.2 Å². The minimum atomic E-state index is -0.0377. The van der Waals surface area contributed by atoms with Gasteiger partial charge in [0.2, 0.25) is 5.91 Å². The molecule has 3 aromatic rings. The van der Waals surface area contributed by atoms with E-state index in [0.717, 1.165) is 36.5 Å². The van der Waals surface area contributed by atoms with Gasteiger partial charge in [-0.3, -0.25) is 14.5 Å². The molecule has 1 aliphatic rings. The van der Waals surface area contributed by atoms with Crippen molar-refractivity contribution in [2.75, 3.05) is 32.7 Å². The van der Waals surface area contributed by atoms with Crippen molar-refractivity contribution in [3.05, 3.63) is 82.6 Å². The van der Waals surface area contributed by atoms with Crippen molar-refractivity contribution in [2.24, 2.45) is 5.92 Å². The van der Waals surface area contributed by atoms with E-state index >= 15 is 0 Å². The molecule has 1 fully saturated rings. The van der Waals surface area contributed by atoms with Crippen LogP contribution in [0.15, 0.2) is 60.7 Å². The van der Waals surface area contributed by atoms with E-state index in [1.165, 1.54) is 0 Å². The fraction of sp³-hybridized carbons (Fsp3) is 0.393. The van der Waals surface area contributed by atoms with Crippen molar-refractivity contribution in [1.29, 1.82) is 0 Å². The SMILES string of the molecule is CC(C)Cc1cc(CNC(=O)CN2CCCN(C(=O)c3cccc(Cl)c3)CC2)nn1-c1ccccc1. The lowest BCUT2D eigenvalue weighted by Crippen LogP contribution is -2.40. The average Bonchev–Trinajstić information content (AvgIpc) is 3.11. The number of amides is 2. The lowest BCUT2D eigenvalue weighted by molar-refractivity contribution is -0.122. The van der Waals surface area contributed by atoms with Crippen LogP contribution in [0.3, 0.4) is 0 Å². The minimum Gasteiger partial charge on any atom is -0.349 e. The Balaban J connectivity index is 1.31. The zero-order chi connectivity index (χ0) is 25.5. The molecule has 2 heterocycles. The van der Waals surface area contributed by atoms with Crippen LogP contribution < -0.4 is 5.32 Å². The van der Waals surface area contributed by atoms with E-state index in [1.54, 1.807) is 24.3 Å². The molecule has 1 aliphatic heterocycles. The second-order valence-electron chi connectivity index (χ2n) is 9.68. The van der Waals surface area contributed by atoms with Crippen molar-refractivity contribution in [1.82, 2.24) is 24.9 Å². The van der Waals surface area contributed by atoms with Gasteiger partial charge in [0, 0.05) is 42.5 Å². The number of hydrogen-bond donors (Lipinski definition) is 1. The molecular formula is C28H34ClN5O2. The first-order chi connectivity index (χ1) is 17.4.